The Bertz CT molecular complexity index is 4220. The third-order valence-electron chi connectivity index (χ3n) is 22.0. The van der Waals surface area contributed by atoms with E-state index in [1.165, 1.54) is 119 Å². The predicted octanol–water partition coefficient (Wildman–Crippen LogP) is 19.7. The van der Waals surface area contributed by atoms with Crippen LogP contribution in [0.2, 0.25) is 0 Å². The van der Waals surface area contributed by atoms with E-state index in [2.05, 4.69) is 237 Å². The first-order valence-electron chi connectivity index (χ1n) is 30.3. The summed E-state index contributed by atoms with van der Waals surface area (Å²) in [4.78, 5) is 5.33. The molecule has 2 aliphatic heterocycles. The van der Waals surface area contributed by atoms with Gasteiger partial charge in [-0.05, 0) is 210 Å². The van der Waals surface area contributed by atoms with Gasteiger partial charge < -0.3 is 18.5 Å². The number of hydrogen-bond acceptors (Lipinski definition) is 4. The van der Waals surface area contributed by atoms with E-state index >= 15 is 0 Å². The summed E-state index contributed by atoms with van der Waals surface area (Å²) in [6.07, 6.45) is 6.93. The van der Waals surface area contributed by atoms with E-state index in [9.17, 15) is 0 Å². The number of nitrogens with zero attached hydrogens (tertiary/aromatic N) is 2. The SMILES string of the molecule is CC(C)(C)c1ccc(N2B3c4oc5cc6c(cc5c4N(c4ccc5c(c4)C(C)(C)CCC5(C)C)c4cc5c(oc7ccccc75)c(c43)-c3cc4c(cc32)C(C)(C)c2cc3c(cc2-4)C(C)(C)CCC3(C)C)C(C)(C)CCC6(C)C)cc1. The van der Waals surface area contributed by atoms with Crippen molar-refractivity contribution in [3.63, 3.8) is 0 Å². The smallest absolute Gasteiger partial charge is 0.376 e. The maximum atomic E-state index is 7.89. The molecule has 15 rings (SSSR count). The Balaban J connectivity index is 1.11. The van der Waals surface area contributed by atoms with Gasteiger partial charge in [0, 0.05) is 55.5 Å². The van der Waals surface area contributed by atoms with Crippen molar-refractivity contribution in [1.29, 1.82) is 0 Å². The fourth-order valence-corrected chi connectivity index (χ4v) is 16.4. The summed E-state index contributed by atoms with van der Waals surface area (Å²) >= 11 is 0. The van der Waals surface area contributed by atoms with Crippen molar-refractivity contribution < 1.29 is 8.83 Å². The Kier molecular flexibility index (Phi) is 9.81. The van der Waals surface area contributed by atoms with Gasteiger partial charge in [-0.2, -0.15) is 0 Å². The number of furan rings is 2. The molecule has 4 aliphatic carbocycles. The van der Waals surface area contributed by atoms with Crippen LogP contribution >= 0.6 is 0 Å². The summed E-state index contributed by atoms with van der Waals surface area (Å²) in [5, 5.41) is 3.46. The van der Waals surface area contributed by atoms with Crippen LogP contribution in [0.5, 0.6) is 0 Å². The van der Waals surface area contributed by atoms with Gasteiger partial charge in [-0.25, -0.2) is 0 Å². The lowest BCUT2D eigenvalue weighted by Gasteiger charge is -2.45. The van der Waals surface area contributed by atoms with Gasteiger partial charge in [-0.3, -0.25) is 0 Å². The minimum atomic E-state index is -0.339. The fourth-order valence-electron chi connectivity index (χ4n) is 16.4. The summed E-state index contributed by atoms with van der Waals surface area (Å²) in [7, 11) is 0. The molecule has 0 atom stereocenters. The highest BCUT2D eigenvalue weighted by Crippen LogP contribution is 2.60. The van der Waals surface area contributed by atoms with E-state index in [0.717, 1.165) is 63.8 Å². The maximum Gasteiger partial charge on any atom is 0.376 e. The third-order valence-corrected chi connectivity index (χ3v) is 22.0. The van der Waals surface area contributed by atoms with Crippen molar-refractivity contribution in [3.05, 3.63) is 159 Å². The molecule has 5 heteroatoms. The molecule has 0 saturated heterocycles. The molecule has 0 N–H and O–H groups in total. The zero-order valence-corrected chi connectivity index (χ0v) is 50.9. The van der Waals surface area contributed by atoms with Crippen LogP contribution in [-0.4, -0.2) is 6.85 Å². The van der Waals surface area contributed by atoms with Crippen molar-refractivity contribution in [2.45, 2.75) is 200 Å². The Morgan fingerprint density at radius 1 is 0.425 bits per heavy atom. The monoisotopic (exact) mass is 1050 g/mol. The molecule has 0 fully saturated rings. The second kappa shape index (κ2) is 15.5. The minimum absolute atomic E-state index is 0.00276. The van der Waals surface area contributed by atoms with Crippen molar-refractivity contribution in [1.82, 2.24) is 0 Å². The molecule has 0 unspecified atom stereocenters. The Morgan fingerprint density at radius 2 is 0.963 bits per heavy atom. The van der Waals surface area contributed by atoms with Gasteiger partial charge in [0.25, 0.3) is 0 Å². The van der Waals surface area contributed by atoms with Gasteiger partial charge in [0.05, 0.1) is 5.69 Å². The molecule has 0 bridgehead atoms. The Labute approximate surface area is 476 Å². The van der Waals surface area contributed by atoms with Crippen molar-refractivity contribution in [2.75, 3.05) is 9.71 Å². The minimum Gasteiger partial charge on any atom is -0.466 e. The molecule has 7 aromatic carbocycles. The molecular formula is C75H81BN2O2. The highest BCUT2D eigenvalue weighted by Gasteiger charge is 2.53. The van der Waals surface area contributed by atoms with Gasteiger partial charge in [-0.15, -0.1) is 0 Å². The van der Waals surface area contributed by atoms with Crippen molar-refractivity contribution in [3.8, 4) is 22.3 Å². The normalized spacial score (nSPS) is 20.6. The molecule has 4 heterocycles. The van der Waals surface area contributed by atoms with E-state index in [1.54, 1.807) is 0 Å². The van der Waals surface area contributed by atoms with Gasteiger partial charge in [0.15, 0.2) is 0 Å². The van der Waals surface area contributed by atoms with Gasteiger partial charge in [0.1, 0.15) is 22.4 Å². The van der Waals surface area contributed by atoms with E-state index in [1.807, 2.05) is 0 Å². The zero-order chi connectivity index (χ0) is 56.1. The van der Waals surface area contributed by atoms with E-state index in [0.29, 0.717) is 0 Å². The van der Waals surface area contributed by atoms with Crippen LogP contribution in [0, 0.1) is 0 Å². The number of para-hydroxylation sites is 1. The molecule has 4 nitrogen and oxygen atoms in total. The first kappa shape index (κ1) is 50.5. The number of benzene rings is 7. The molecule has 0 amide bonds. The van der Waals surface area contributed by atoms with Gasteiger partial charge in [-0.1, -0.05) is 160 Å². The Hall–Kier alpha value is -6.46. The number of rotatable bonds is 2. The first-order valence-corrected chi connectivity index (χ1v) is 30.3. The van der Waals surface area contributed by atoms with Crippen LogP contribution in [0.3, 0.4) is 0 Å². The summed E-state index contributed by atoms with van der Waals surface area (Å²) in [6, 6.07) is 43.7. The average Bonchev–Trinajstić information content (AvgIpc) is 3.59. The zero-order valence-electron chi connectivity index (χ0n) is 50.9. The van der Waals surface area contributed by atoms with Crippen LogP contribution in [0.4, 0.5) is 28.4 Å². The highest BCUT2D eigenvalue weighted by atomic mass is 16.3. The lowest BCUT2D eigenvalue weighted by molar-refractivity contribution is 0.331. The van der Waals surface area contributed by atoms with Crippen LogP contribution in [-0.2, 0) is 43.3 Å². The molecule has 2 aromatic heterocycles. The standard InChI is InChI=1S/C75H81BN2O2/c1-68(2,3)42-22-24-43(25-23-42)78-59-40-53-46(47-36-55-57(39-52(47)75(53,16)17)73(12,13)32-30-71(55,8)9)35-49(59)63-64-60(38-48-45-20-18-19-21-61(45)79-66(48)63)77(44-26-27-51-54(34-44)70(6,7)29-28-69(51,4)5)65-50-37-56-58(41-62(50)80-67(65)76(64)78)74(14,15)33-31-72(56,10)11/h18-27,34-41H,28-33H2,1-17H3. The van der Waals surface area contributed by atoms with Crippen LogP contribution in [0.1, 0.15) is 206 Å². The highest BCUT2D eigenvalue weighted by molar-refractivity contribution is 6.93. The summed E-state index contributed by atoms with van der Waals surface area (Å²) in [5.41, 5.74) is 28.8. The van der Waals surface area contributed by atoms with Gasteiger partial charge >= 0.3 is 6.85 Å². The van der Waals surface area contributed by atoms with E-state index < -0.39 is 0 Å². The predicted molar refractivity (Wildman–Crippen MR) is 339 cm³/mol. The van der Waals surface area contributed by atoms with Crippen molar-refractivity contribution >= 4 is 79.3 Å². The quantitative estimate of drug-likeness (QED) is 0.162. The third kappa shape index (κ3) is 6.70. The molecule has 0 saturated carbocycles. The van der Waals surface area contributed by atoms with E-state index in [-0.39, 0.29) is 50.2 Å². The largest absolute Gasteiger partial charge is 0.466 e. The van der Waals surface area contributed by atoms with E-state index in [4.69, 9.17) is 8.83 Å². The topological polar surface area (TPSA) is 32.8 Å². The fraction of sp³-hybridized carbons (Fsp3) is 0.413. The molecular weight excluding hydrogens is 972 g/mol. The molecule has 9 aromatic rings. The molecule has 6 aliphatic rings. The Morgan fingerprint density at radius 3 is 1.60 bits per heavy atom. The summed E-state index contributed by atoms with van der Waals surface area (Å²) in [5.74, 6) is 0. The van der Waals surface area contributed by atoms with Crippen LogP contribution < -0.4 is 20.8 Å². The summed E-state index contributed by atoms with van der Waals surface area (Å²) in [6.45, 7) is 41.1. The second-order valence-corrected chi connectivity index (χ2v) is 31.3. The first-order chi connectivity index (χ1) is 37.5. The number of anilines is 5. The van der Waals surface area contributed by atoms with Crippen molar-refractivity contribution in [2.24, 2.45) is 0 Å². The second-order valence-electron chi connectivity index (χ2n) is 31.3. The lowest BCUT2D eigenvalue weighted by atomic mass is 9.45. The summed E-state index contributed by atoms with van der Waals surface area (Å²) < 4.78 is 15.3. The molecule has 0 spiro atoms. The maximum absolute atomic E-state index is 7.89. The molecule has 406 valence electrons. The molecule has 0 radical (unpaired) electrons. The number of hydrogen-bond donors (Lipinski definition) is 0. The lowest BCUT2D eigenvalue weighted by Crippen LogP contribution is -2.61. The number of fused-ring (bicyclic) bond motifs is 16. The van der Waals surface area contributed by atoms with Crippen LogP contribution in [0.25, 0.3) is 55.2 Å². The molecule has 80 heavy (non-hydrogen) atoms. The van der Waals surface area contributed by atoms with Crippen LogP contribution in [0.15, 0.2) is 118 Å². The van der Waals surface area contributed by atoms with Gasteiger partial charge in [0.2, 0.25) is 0 Å². The average molecular weight is 1050 g/mol.